The molecule has 0 radical (unpaired) electrons. The van der Waals surface area contributed by atoms with E-state index < -0.39 is 17.9 Å². The van der Waals surface area contributed by atoms with E-state index >= 15 is 0 Å². The van der Waals surface area contributed by atoms with Gasteiger partial charge in [0, 0.05) is 6.20 Å². The van der Waals surface area contributed by atoms with Crippen LogP contribution in [-0.2, 0) is 6.18 Å². The average Bonchev–Trinajstić information content (AvgIpc) is 2.36. The molecule has 0 amide bonds. The van der Waals surface area contributed by atoms with Crippen molar-refractivity contribution in [1.29, 1.82) is 0 Å². The molecule has 104 valence electrons. The van der Waals surface area contributed by atoms with E-state index in [4.69, 9.17) is 4.74 Å². The highest BCUT2D eigenvalue weighted by Crippen LogP contribution is 2.39. The van der Waals surface area contributed by atoms with E-state index in [1.54, 1.807) is 4.90 Å². The summed E-state index contributed by atoms with van der Waals surface area (Å²) in [5.74, 6) is 0.395. The van der Waals surface area contributed by atoms with Crippen molar-refractivity contribution in [3.8, 4) is 5.75 Å². The van der Waals surface area contributed by atoms with Crippen LogP contribution in [0.2, 0.25) is 0 Å². The Bertz CT molecular complexity index is 491. The van der Waals surface area contributed by atoms with Gasteiger partial charge in [-0.1, -0.05) is 0 Å². The summed E-state index contributed by atoms with van der Waals surface area (Å²) < 4.78 is 56.5. The van der Waals surface area contributed by atoms with Gasteiger partial charge < -0.3 is 9.64 Å². The molecule has 0 bridgehead atoms. The van der Waals surface area contributed by atoms with Gasteiger partial charge in [0.05, 0.1) is 18.2 Å². The molecule has 1 aromatic heterocycles. The van der Waals surface area contributed by atoms with Gasteiger partial charge in [-0.3, -0.25) is 0 Å². The van der Waals surface area contributed by atoms with Gasteiger partial charge in [0.1, 0.15) is 12.8 Å². The highest BCUT2D eigenvalue weighted by molar-refractivity contribution is 5.56. The number of pyridine rings is 1. The molecule has 2 atom stereocenters. The Morgan fingerprint density at radius 1 is 1.32 bits per heavy atom. The lowest BCUT2D eigenvalue weighted by atomic mass is 10.00. The van der Waals surface area contributed by atoms with Crippen LogP contribution in [0.4, 0.5) is 23.4 Å². The van der Waals surface area contributed by atoms with Crippen molar-refractivity contribution in [2.75, 3.05) is 18.1 Å². The van der Waals surface area contributed by atoms with Crippen LogP contribution in [0.25, 0.3) is 0 Å². The van der Waals surface area contributed by atoms with E-state index in [9.17, 15) is 17.6 Å². The number of aromatic nitrogens is 1. The molecule has 1 aromatic rings. The molecule has 3 rings (SSSR count). The molecule has 0 aliphatic carbocycles. The summed E-state index contributed by atoms with van der Waals surface area (Å²) in [4.78, 5) is 5.53. The molecule has 2 aliphatic heterocycles. The van der Waals surface area contributed by atoms with Gasteiger partial charge >= 0.3 is 6.18 Å². The standard InChI is InChI=1S/C12H12F4N2O/c13-8-1-2-9-6-19-10-3-7(12(14,15)16)4-17-11(10)18(9)5-8/h3-4,8-9H,1-2,5-6H2. The normalized spacial score (nSPS) is 26.4. The van der Waals surface area contributed by atoms with Crippen LogP contribution in [0.15, 0.2) is 12.3 Å². The van der Waals surface area contributed by atoms with Gasteiger partial charge in [-0.2, -0.15) is 13.2 Å². The molecular weight excluding hydrogens is 264 g/mol. The first kappa shape index (κ1) is 12.5. The first-order chi connectivity index (χ1) is 8.95. The van der Waals surface area contributed by atoms with E-state index in [2.05, 4.69) is 4.98 Å². The van der Waals surface area contributed by atoms with Crippen LogP contribution in [0.3, 0.4) is 0 Å². The number of nitrogens with zero attached hydrogens (tertiary/aromatic N) is 2. The number of alkyl halides is 4. The van der Waals surface area contributed by atoms with Crippen molar-refractivity contribution in [2.24, 2.45) is 0 Å². The Morgan fingerprint density at radius 2 is 2.11 bits per heavy atom. The summed E-state index contributed by atoms with van der Waals surface area (Å²) in [7, 11) is 0. The lowest BCUT2D eigenvalue weighted by Gasteiger charge is -2.41. The van der Waals surface area contributed by atoms with Crippen molar-refractivity contribution in [3.05, 3.63) is 17.8 Å². The molecular formula is C12H12F4N2O. The average molecular weight is 276 g/mol. The van der Waals surface area contributed by atoms with Gasteiger partial charge in [0.15, 0.2) is 11.6 Å². The zero-order valence-corrected chi connectivity index (χ0v) is 9.95. The van der Waals surface area contributed by atoms with Crippen molar-refractivity contribution in [1.82, 2.24) is 4.98 Å². The summed E-state index contributed by atoms with van der Waals surface area (Å²) in [6, 6.07) is 0.934. The van der Waals surface area contributed by atoms with Crippen LogP contribution in [0.5, 0.6) is 5.75 Å². The highest BCUT2D eigenvalue weighted by atomic mass is 19.4. The van der Waals surface area contributed by atoms with Gasteiger partial charge in [-0.25, -0.2) is 9.37 Å². The Balaban J connectivity index is 1.95. The molecule has 1 fully saturated rings. The summed E-state index contributed by atoms with van der Waals surface area (Å²) in [6.45, 7) is 0.447. The number of piperidine rings is 1. The van der Waals surface area contributed by atoms with Crippen molar-refractivity contribution >= 4 is 5.82 Å². The van der Waals surface area contributed by atoms with Crippen LogP contribution in [0, 0.1) is 0 Å². The van der Waals surface area contributed by atoms with Crippen molar-refractivity contribution in [2.45, 2.75) is 31.2 Å². The van der Waals surface area contributed by atoms with Crippen LogP contribution in [-0.4, -0.2) is 30.3 Å². The second kappa shape index (κ2) is 4.25. The van der Waals surface area contributed by atoms with Gasteiger partial charge in [-0.15, -0.1) is 0 Å². The Kier molecular flexibility index (Phi) is 2.79. The van der Waals surface area contributed by atoms with Gasteiger partial charge in [-0.05, 0) is 18.9 Å². The maximum Gasteiger partial charge on any atom is 0.418 e. The SMILES string of the molecule is FC1CCC2COc3cc(C(F)(F)F)cnc3N2C1. The first-order valence-electron chi connectivity index (χ1n) is 6.06. The van der Waals surface area contributed by atoms with E-state index in [-0.39, 0.29) is 24.9 Å². The lowest BCUT2D eigenvalue weighted by molar-refractivity contribution is -0.138. The van der Waals surface area contributed by atoms with Crippen LogP contribution in [0.1, 0.15) is 18.4 Å². The number of anilines is 1. The van der Waals surface area contributed by atoms with E-state index in [1.807, 2.05) is 0 Å². The van der Waals surface area contributed by atoms with Crippen molar-refractivity contribution < 1.29 is 22.3 Å². The summed E-state index contributed by atoms with van der Waals surface area (Å²) >= 11 is 0. The second-order valence-corrected chi connectivity index (χ2v) is 4.84. The largest absolute Gasteiger partial charge is 0.488 e. The minimum Gasteiger partial charge on any atom is -0.488 e. The molecule has 2 unspecified atom stereocenters. The molecule has 2 aliphatic rings. The molecule has 0 aromatic carbocycles. The van der Waals surface area contributed by atoms with E-state index in [1.165, 1.54) is 0 Å². The fourth-order valence-electron chi connectivity index (χ4n) is 2.52. The maximum atomic E-state index is 13.4. The monoisotopic (exact) mass is 276 g/mol. The molecule has 3 heterocycles. The Labute approximate surface area is 107 Å². The molecule has 3 nitrogen and oxygen atoms in total. The molecule has 0 saturated carbocycles. The topological polar surface area (TPSA) is 25.4 Å². The molecule has 0 N–H and O–H groups in total. The van der Waals surface area contributed by atoms with Gasteiger partial charge in [0.2, 0.25) is 0 Å². The van der Waals surface area contributed by atoms with E-state index in [0.29, 0.717) is 18.7 Å². The fraction of sp³-hybridized carbons (Fsp3) is 0.583. The minimum atomic E-state index is -4.45. The van der Waals surface area contributed by atoms with Crippen LogP contribution >= 0.6 is 0 Å². The third-order valence-electron chi connectivity index (χ3n) is 3.51. The number of fused-ring (bicyclic) bond motifs is 3. The smallest absolute Gasteiger partial charge is 0.418 e. The predicted octanol–water partition coefficient (Wildman–Crippen LogP) is 2.80. The zero-order valence-electron chi connectivity index (χ0n) is 9.95. The quantitative estimate of drug-likeness (QED) is 0.681. The number of hydrogen-bond donors (Lipinski definition) is 0. The minimum absolute atomic E-state index is 0.00346. The number of rotatable bonds is 0. The number of ether oxygens (including phenoxy) is 1. The summed E-state index contributed by atoms with van der Waals surface area (Å²) in [5, 5.41) is 0. The summed E-state index contributed by atoms with van der Waals surface area (Å²) in [5.41, 5.74) is -0.849. The first-order valence-corrected chi connectivity index (χ1v) is 6.06. The van der Waals surface area contributed by atoms with E-state index in [0.717, 1.165) is 12.3 Å². The van der Waals surface area contributed by atoms with Gasteiger partial charge in [0.25, 0.3) is 0 Å². The molecule has 19 heavy (non-hydrogen) atoms. The highest BCUT2D eigenvalue weighted by Gasteiger charge is 2.37. The summed E-state index contributed by atoms with van der Waals surface area (Å²) in [6.07, 6.45) is -3.56. The third kappa shape index (κ3) is 2.21. The second-order valence-electron chi connectivity index (χ2n) is 4.84. The molecule has 7 heteroatoms. The van der Waals surface area contributed by atoms with Crippen LogP contribution < -0.4 is 9.64 Å². The Hall–Kier alpha value is -1.53. The molecule has 0 spiro atoms. The molecule has 1 saturated heterocycles. The predicted molar refractivity (Wildman–Crippen MR) is 60.0 cm³/mol. The number of halogens is 4. The fourth-order valence-corrected chi connectivity index (χ4v) is 2.52. The van der Waals surface area contributed by atoms with Crippen molar-refractivity contribution in [3.63, 3.8) is 0 Å². The Morgan fingerprint density at radius 3 is 2.84 bits per heavy atom. The lowest BCUT2D eigenvalue weighted by Crippen LogP contribution is -2.50. The maximum absolute atomic E-state index is 13.4. The third-order valence-corrected chi connectivity index (χ3v) is 3.51. The zero-order chi connectivity index (χ0) is 13.6. The number of hydrogen-bond acceptors (Lipinski definition) is 3.